The lowest BCUT2D eigenvalue weighted by Gasteiger charge is -2.21. The average molecular weight is 543 g/mol. The highest BCUT2D eigenvalue weighted by molar-refractivity contribution is 7.15. The summed E-state index contributed by atoms with van der Waals surface area (Å²) < 4.78 is 10.4. The molecule has 2 N–H and O–H groups in total. The van der Waals surface area contributed by atoms with Gasteiger partial charge in [0.05, 0.1) is 17.2 Å². The number of carbonyl (C=O) groups is 4. The summed E-state index contributed by atoms with van der Waals surface area (Å²) in [5.74, 6) is -2.83. The van der Waals surface area contributed by atoms with Crippen LogP contribution in [0, 0.1) is 5.92 Å². The SMILES string of the molecule is CCOC(=O)c1c(-c2ccccc2)csc1NC(=O)COC(=O)[C@@H](NC(=O)c1ccccc1Cl)C(C)C. The Morgan fingerprint density at radius 2 is 1.65 bits per heavy atom. The van der Waals surface area contributed by atoms with E-state index in [1.807, 2.05) is 30.3 Å². The van der Waals surface area contributed by atoms with Crippen LogP contribution in [-0.2, 0) is 19.1 Å². The third-order valence-electron chi connectivity index (χ3n) is 5.28. The van der Waals surface area contributed by atoms with E-state index >= 15 is 0 Å². The topological polar surface area (TPSA) is 111 Å². The maximum absolute atomic E-state index is 12.7. The molecule has 0 unspecified atom stereocenters. The van der Waals surface area contributed by atoms with Gasteiger partial charge >= 0.3 is 11.9 Å². The fourth-order valence-corrected chi connectivity index (χ4v) is 4.63. The van der Waals surface area contributed by atoms with Crippen molar-refractivity contribution < 1.29 is 28.7 Å². The van der Waals surface area contributed by atoms with Crippen molar-refractivity contribution in [2.45, 2.75) is 26.8 Å². The van der Waals surface area contributed by atoms with Crippen LogP contribution in [0.15, 0.2) is 60.0 Å². The van der Waals surface area contributed by atoms with Crippen molar-refractivity contribution >= 4 is 51.7 Å². The van der Waals surface area contributed by atoms with Gasteiger partial charge in [-0.2, -0.15) is 0 Å². The first kappa shape index (κ1) is 27.9. The zero-order valence-electron chi connectivity index (χ0n) is 20.6. The van der Waals surface area contributed by atoms with Crippen molar-refractivity contribution in [2.75, 3.05) is 18.5 Å². The number of amides is 2. The van der Waals surface area contributed by atoms with Crippen LogP contribution in [0.25, 0.3) is 11.1 Å². The molecule has 0 aliphatic heterocycles. The summed E-state index contributed by atoms with van der Waals surface area (Å²) >= 11 is 7.24. The standard InChI is InChI=1S/C27H27ClN2O6S/c1-4-35-26(33)22-19(17-10-6-5-7-11-17)15-37-25(22)29-21(31)14-36-27(34)23(16(2)3)30-24(32)18-12-8-9-13-20(18)28/h5-13,15-16,23H,4,14H2,1-3H3,(H,29,31)(H,30,32)/t23-/m0/s1. The second-order valence-corrected chi connectivity index (χ2v) is 9.56. The molecule has 1 heterocycles. The van der Waals surface area contributed by atoms with Gasteiger partial charge in [-0.25, -0.2) is 9.59 Å². The number of anilines is 1. The van der Waals surface area contributed by atoms with E-state index < -0.39 is 36.4 Å². The van der Waals surface area contributed by atoms with Gasteiger partial charge in [-0.05, 0) is 30.5 Å². The number of nitrogens with one attached hydrogen (secondary N) is 2. The first-order valence-electron chi connectivity index (χ1n) is 11.6. The van der Waals surface area contributed by atoms with E-state index in [4.69, 9.17) is 21.1 Å². The van der Waals surface area contributed by atoms with Crippen molar-refractivity contribution in [1.82, 2.24) is 5.32 Å². The average Bonchev–Trinajstić information content (AvgIpc) is 3.30. The van der Waals surface area contributed by atoms with E-state index in [2.05, 4.69) is 10.6 Å². The van der Waals surface area contributed by atoms with E-state index in [9.17, 15) is 19.2 Å². The van der Waals surface area contributed by atoms with Crippen LogP contribution in [-0.4, -0.2) is 43.0 Å². The summed E-state index contributed by atoms with van der Waals surface area (Å²) in [6.45, 7) is 4.73. The van der Waals surface area contributed by atoms with Crippen LogP contribution in [0.5, 0.6) is 0 Å². The molecule has 1 aromatic heterocycles. The minimum absolute atomic E-state index is 0.171. The molecule has 0 spiro atoms. The Morgan fingerprint density at radius 3 is 2.30 bits per heavy atom. The highest BCUT2D eigenvalue weighted by Gasteiger charge is 2.28. The molecular weight excluding hydrogens is 516 g/mol. The summed E-state index contributed by atoms with van der Waals surface area (Å²) in [7, 11) is 0. The lowest BCUT2D eigenvalue weighted by atomic mass is 10.0. The van der Waals surface area contributed by atoms with Crippen LogP contribution < -0.4 is 10.6 Å². The molecule has 0 fully saturated rings. The number of esters is 2. The lowest BCUT2D eigenvalue weighted by molar-refractivity contribution is -0.150. The molecule has 2 aromatic carbocycles. The largest absolute Gasteiger partial charge is 0.462 e. The Bertz CT molecular complexity index is 1270. The van der Waals surface area contributed by atoms with Crippen molar-refractivity contribution in [3.05, 3.63) is 76.1 Å². The summed E-state index contributed by atoms with van der Waals surface area (Å²) in [4.78, 5) is 50.6. The van der Waals surface area contributed by atoms with E-state index in [1.165, 1.54) is 0 Å². The molecule has 0 saturated carbocycles. The second-order valence-electron chi connectivity index (χ2n) is 8.27. The van der Waals surface area contributed by atoms with E-state index in [1.54, 1.807) is 50.4 Å². The predicted molar refractivity (Wildman–Crippen MR) is 143 cm³/mol. The molecule has 0 saturated heterocycles. The number of thiophene rings is 1. The van der Waals surface area contributed by atoms with Gasteiger partial charge in [-0.1, -0.05) is 67.9 Å². The molecule has 2 amide bonds. The van der Waals surface area contributed by atoms with Crippen LogP contribution in [0.2, 0.25) is 5.02 Å². The molecule has 0 bridgehead atoms. The van der Waals surface area contributed by atoms with Gasteiger partial charge in [-0.3, -0.25) is 9.59 Å². The van der Waals surface area contributed by atoms with Gasteiger partial charge in [0.2, 0.25) is 0 Å². The van der Waals surface area contributed by atoms with Crippen molar-refractivity contribution in [3.8, 4) is 11.1 Å². The van der Waals surface area contributed by atoms with Crippen LogP contribution in [0.4, 0.5) is 5.00 Å². The van der Waals surface area contributed by atoms with Gasteiger partial charge in [0.1, 0.15) is 16.6 Å². The zero-order chi connectivity index (χ0) is 26.9. The Morgan fingerprint density at radius 1 is 0.973 bits per heavy atom. The van der Waals surface area contributed by atoms with Gasteiger partial charge in [0.15, 0.2) is 6.61 Å². The van der Waals surface area contributed by atoms with Crippen molar-refractivity contribution in [3.63, 3.8) is 0 Å². The van der Waals surface area contributed by atoms with Crippen LogP contribution in [0.1, 0.15) is 41.5 Å². The zero-order valence-corrected chi connectivity index (χ0v) is 22.2. The normalized spacial score (nSPS) is 11.5. The number of hydrogen-bond donors (Lipinski definition) is 2. The Kier molecular flexibility index (Phi) is 9.82. The van der Waals surface area contributed by atoms with Crippen molar-refractivity contribution in [2.24, 2.45) is 5.92 Å². The fraction of sp³-hybridized carbons (Fsp3) is 0.259. The van der Waals surface area contributed by atoms with Gasteiger partial charge < -0.3 is 20.1 Å². The molecule has 1 atom stereocenters. The van der Waals surface area contributed by atoms with E-state index in [0.29, 0.717) is 5.56 Å². The molecule has 194 valence electrons. The third-order valence-corrected chi connectivity index (χ3v) is 6.50. The molecule has 0 aliphatic rings. The summed E-state index contributed by atoms with van der Waals surface area (Å²) in [5.41, 5.74) is 1.87. The predicted octanol–water partition coefficient (Wildman–Crippen LogP) is 5.18. The first-order chi connectivity index (χ1) is 17.7. The molecule has 0 aliphatic carbocycles. The smallest absolute Gasteiger partial charge is 0.341 e. The highest BCUT2D eigenvalue weighted by atomic mass is 35.5. The Labute approximate surface area is 223 Å². The van der Waals surface area contributed by atoms with Gasteiger partial charge in [0, 0.05) is 10.9 Å². The molecule has 8 nitrogen and oxygen atoms in total. The number of hydrogen-bond acceptors (Lipinski definition) is 7. The van der Waals surface area contributed by atoms with Gasteiger partial charge in [-0.15, -0.1) is 11.3 Å². The molecular formula is C27H27ClN2O6S. The number of benzene rings is 2. The lowest BCUT2D eigenvalue weighted by Crippen LogP contribution is -2.46. The number of carbonyl (C=O) groups excluding carboxylic acids is 4. The summed E-state index contributed by atoms with van der Waals surface area (Å²) in [5, 5.41) is 7.54. The first-order valence-corrected chi connectivity index (χ1v) is 12.8. The number of ether oxygens (including phenoxy) is 2. The summed E-state index contributed by atoms with van der Waals surface area (Å²) in [6, 6.07) is 14.7. The third kappa shape index (κ3) is 7.18. The quantitative estimate of drug-likeness (QED) is 0.341. The minimum Gasteiger partial charge on any atom is -0.462 e. The monoisotopic (exact) mass is 542 g/mol. The molecule has 37 heavy (non-hydrogen) atoms. The molecule has 3 rings (SSSR count). The maximum Gasteiger partial charge on any atom is 0.341 e. The van der Waals surface area contributed by atoms with Gasteiger partial charge in [0.25, 0.3) is 11.8 Å². The highest BCUT2D eigenvalue weighted by Crippen LogP contribution is 2.36. The van der Waals surface area contributed by atoms with Crippen LogP contribution >= 0.6 is 22.9 Å². The number of rotatable bonds is 10. The van der Waals surface area contributed by atoms with E-state index in [0.717, 1.165) is 16.9 Å². The Balaban J connectivity index is 1.68. The van der Waals surface area contributed by atoms with Crippen LogP contribution in [0.3, 0.4) is 0 Å². The Hall–Kier alpha value is -3.69. The summed E-state index contributed by atoms with van der Waals surface area (Å²) in [6.07, 6.45) is 0. The number of halogens is 1. The maximum atomic E-state index is 12.7. The van der Waals surface area contributed by atoms with E-state index in [-0.39, 0.29) is 33.7 Å². The molecule has 3 aromatic rings. The molecule has 0 radical (unpaired) electrons. The molecule has 10 heteroatoms. The van der Waals surface area contributed by atoms with Crippen molar-refractivity contribution in [1.29, 1.82) is 0 Å². The second kappa shape index (κ2) is 13.0. The minimum atomic E-state index is -1.00. The fourth-order valence-electron chi connectivity index (χ4n) is 3.44.